The molecule has 14 heavy (non-hydrogen) atoms. The minimum absolute atomic E-state index is 0.252. The summed E-state index contributed by atoms with van der Waals surface area (Å²) in [6.45, 7) is 3.87. The highest BCUT2D eigenvalue weighted by atomic mass is 35.5. The van der Waals surface area contributed by atoms with Crippen molar-refractivity contribution < 1.29 is 0 Å². The molecule has 0 bridgehead atoms. The molecule has 0 saturated heterocycles. The number of hydrogen-bond acceptors (Lipinski definition) is 3. The van der Waals surface area contributed by atoms with Crippen molar-refractivity contribution in [2.24, 2.45) is 0 Å². The number of nitriles is 1. The van der Waals surface area contributed by atoms with Crippen molar-refractivity contribution in [3.05, 3.63) is 22.5 Å². The van der Waals surface area contributed by atoms with Crippen LogP contribution in [0.2, 0.25) is 5.15 Å². The molecular weight excluding hydrogens is 221 g/mol. The van der Waals surface area contributed by atoms with Gasteiger partial charge in [-0.15, -0.1) is 21.8 Å². The lowest BCUT2D eigenvalue weighted by atomic mass is 9.88. The van der Waals surface area contributed by atoms with Crippen LogP contribution in [-0.2, 0) is 5.41 Å². The summed E-state index contributed by atoms with van der Waals surface area (Å²) in [7, 11) is 0. The molecule has 0 aliphatic rings. The number of nitrogens with zero attached hydrogens (tertiary/aromatic N) is 3. The molecule has 3 nitrogen and oxygen atoms in total. The molecule has 0 N–H and O–H groups in total. The van der Waals surface area contributed by atoms with E-state index in [9.17, 15) is 0 Å². The van der Waals surface area contributed by atoms with Gasteiger partial charge in [-0.3, -0.25) is 0 Å². The Hall–Kier alpha value is -0.850. The molecule has 0 atom stereocenters. The molecule has 0 radical (unpaired) electrons. The van der Waals surface area contributed by atoms with Gasteiger partial charge in [-0.25, -0.2) is 0 Å². The van der Waals surface area contributed by atoms with Gasteiger partial charge < -0.3 is 0 Å². The predicted molar refractivity (Wildman–Crippen MR) is 55.5 cm³/mol. The average Bonchev–Trinajstić information content (AvgIpc) is 2.18. The van der Waals surface area contributed by atoms with Crippen LogP contribution < -0.4 is 0 Å². The maximum absolute atomic E-state index is 8.66. The smallest absolute Gasteiger partial charge is 0.163 e. The Bertz CT molecular complexity index is 382. The maximum atomic E-state index is 8.66. The Kier molecular flexibility index (Phi) is 3.30. The Morgan fingerprint density at radius 3 is 2.64 bits per heavy atom. The van der Waals surface area contributed by atoms with E-state index in [1.807, 2.05) is 19.9 Å². The quantitative estimate of drug-likeness (QED) is 0.733. The first-order chi connectivity index (χ1) is 6.51. The van der Waals surface area contributed by atoms with Gasteiger partial charge in [0, 0.05) is 16.9 Å². The molecule has 1 aromatic heterocycles. The summed E-state index contributed by atoms with van der Waals surface area (Å²) in [5.74, 6) is 0.406. The average molecular weight is 230 g/mol. The maximum Gasteiger partial charge on any atom is 0.163 e. The Labute approximate surface area is 92.7 Å². The third-order valence-corrected chi connectivity index (χ3v) is 2.87. The van der Waals surface area contributed by atoms with Crippen molar-refractivity contribution in [3.8, 4) is 6.07 Å². The first-order valence-electron chi connectivity index (χ1n) is 4.01. The largest absolute Gasteiger partial charge is 0.191 e. The van der Waals surface area contributed by atoms with Crippen molar-refractivity contribution in [3.63, 3.8) is 0 Å². The molecule has 1 rings (SSSR count). The van der Waals surface area contributed by atoms with Crippen molar-refractivity contribution in [2.45, 2.75) is 19.3 Å². The highest BCUT2D eigenvalue weighted by molar-refractivity contribution is 6.30. The third-order valence-electron chi connectivity index (χ3n) is 1.93. The summed E-state index contributed by atoms with van der Waals surface area (Å²) >= 11 is 11.7. The SMILES string of the molecule is CC(C)(CCl)c1cc(C#N)nnc1Cl. The second kappa shape index (κ2) is 4.12. The van der Waals surface area contributed by atoms with Gasteiger partial charge in [0.25, 0.3) is 0 Å². The molecule has 74 valence electrons. The van der Waals surface area contributed by atoms with Gasteiger partial charge in [-0.05, 0) is 6.07 Å². The van der Waals surface area contributed by atoms with Crippen molar-refractivity contribution in [1.82, 2.24) is 10.2 Å². The molecule has 0 aromatic carbocycles. The first-order valence-corrected chi connectivity index (χ1v) is 4.92. The van der Waals surface area contributed by atoms with Crippen LogP contribution in [0, 0.1) is 11.3 Å². The monoisotopic (exact) mass is 229 g/mol. The summed E-state index contributed by atoms with van der Waals surface area (Å²) in [6, 6.07) is 3.54. The van der Waals surface area contributed by atoms with E-state index in [2.05, 4.69) is 10.2 Å². The predicted octanol–water partition coefficient (Wildman–Crippen LogP) is 2.52. The number of alkyl halides is 1. The second-order valence-corrected chi connectivity index (χ2v) is 4.19. The molecule has 1 heterocycles. The highest BCUT2D eigenvalue weighted by Crippen LogP contribution is 2.29. The van der Waals surface area contributed by atoms with Crippen LogP contribution in [-0.4, -0.2) is 16.1 Å². The lowest BCUT2D eigenvalue weighted by molar-refractivity contribution is 0.592. The summed E-state index contributed by atoms with van der Waals surface area (Å²) in [5.41, 5.74) is 0.698. The van der Waals surface area contributed by atoms with Crippen molar-refractivity contribution in [2.75, 3.05) is 5.88 Å². The molecule has 0 spiro atoms. The molecule has 0 amide bonds. The molecule has 0 unspecified atom stereocenters. The van der Waals surface area contributed by atoms with Crippen molar-refractivity contribution >= 4 is 23.2 Å². The van der Waals surface area contributed by atoms with Gasteiger partial charge in [0.05, 0.1) is 0 Å². The van der Waals surface area contributed by atoms with Crippen LogP contribution in [0.15, 0.2) is 6.07 Å². The lowest BCUT2D eigenvalue weighted by Gasteiger charge is -2.22. The first kappa shape index (κ1) is 11.2. The Balaban J connectivity index is 3.27. The highest BCUT2D eigenvalue weighted by Gasteiger charge is 2.23. The Morgan fingerprint density at radius 2 is 2.14 bits per heavy atom. The summed E-state index contributed by atoms with van der Waals surface area (Å²) in [4.78, 5) is 0. The van der Waals surface area contributed by atoms with Crippen LogP contribution in [0.3, 0.4) is 0 Å². The van der Waals surface area contributed by atoms with Crippen LogP contribution in [0.1, 0.15) is 25.1 Å². The minimum Gasteiger partial charge on any atom is -0.191 e. The van der Waals surface area contributed by atoms with Crippen LogP contribution in [0.4, 0.5) is 0 Å². The molecule has 5 heteroatoms. The molecule has 0 saturated carbocycles. The van der Waals surface area contributed by atoms with E-state index in [1.165, 1.54) is 0 Å². The van der Waals surface area contributed by atoms with Gasteiger partial charge in [-0.1, -0.05) is 25.4 Å². The summed E-state index contributed by atoms with van der Waals surface area (Å²) in [6.07, 6.45) is 0. The zero-order chi connectivity index (χ0) is 10.8. The van der Waals surface area contributed by atoms with E-state index in [0.717, 1.165) is 5.56 Å². The standard InChI is InChI=1S/C9H9Cl2N3/c1-9(2,5-10)7-3-6(4-12)13-14-8(7)11/h3H,5H2,1-2H3. The van der Waals surface area contributed by atoms with E-state index in [-0.39, 0.29) is 11.1 Å². The third kappa shape index (κ3) is 2.14. The van der Waals surface area contributed by atoms with Gasteiger partial charge >= 0.3 is 0 Å². The van der Waals surface area contributed by atoms with Gasteiger partial charge in [0.15, 0.2) is 10.8 Å². The number of rotatable bonds is 2. The fourth-order valence-corrected chi connectivity index (χ4v) is 1.47. The van der Waals surface area contributed by atoms with Gasteiger partial charge in [0.2, 0.25) is 0 Å². The van der Waals surface area contributed by atoms with E-state index in [0.29, 0.717) is 11.0 Å². The molecule has 0 fully saturated rings. The number of hydrogen-bond donors (Lipinski definition) is 0. The van der Waals surface area contributed by atoms with E-state index in [1.54, 1.807) is 6.07 Å². The van der Waals surface area contributed by atoms with E-state index < -0.39 is 0 Å². The van der Waals surface area contributed by atoms with E-state index in [4.69, 9.17) is 28.5 Å². The summed E-state index contributed by atoms with van der Waals surface area (Å²) < 4.78 is 0. The zero-order valence-corrected chi connectivity index (χ0v) is 9.39. The van der Waals surface area contributed by atoms with E-state index >= 15 is 0 Å². The minimum atomic E-state index is -0.305. The fourth-order valence-electron chi connectivity index (χ4n) is 0.978. The topological polar surface area (TPSA) is 49.6 Å². The molecule has 0 aliphatic heterocycles. The normalized spacial score (nSPS) is 11.1. The van der Waals surface area contributed by atoms with Crippen LogP contribution >= 0.6 is 23.2 Å². The molecular formula is C9H9Cl2N3. The van der Waals surface area contributed by atoms with Crippen molar-refractivity contribution in [1.29, 1.82) is 5.26 Å². The lowest BCUT2D eigenvalue weighted by Crippen LogP contribution is -2.20. The van der Waals surface area contributed by atoms with Gasteiger partial charge in [0.1, 0.15) is 6.07 Å². The number of halogens is 2. The molecule has 0 aliphatic carbocycles. The second-order valence-electron chi connectivity index (χ2n) is 3.56. The molecule has 1 aromatic rings. The zero-order valence-electron chi connectivity index (χ0n) is 7.88. The number of aromatic nitrogens is 2. The fraction of sp³-hybridized carbons (Fsp3) is 0.444. The van der Waals surface area contributed by atoms with Gasteiger partial charge in [-0.2, -0.15) is 5.26 Å². The summed E-state index contributed by atoms with van der Waals surface area (Å²) in [5, 5.41) is 16.3. The van der Waals surface area contributed by atoms with Crippen LogP contribution in [0.5, 0.6) is 0 Å². The van der Waals surface area contributed by atoms with Crippen LogP contribution in [0.25, 0.3) is 0 Å². The Morgan fingerprint density at radius 1 is 1.50 bits per heavy atom.